The Morgan fingerprint density at radius 1 is 1.07 bits per heavy atom. The van der Waals surface area contributed by atoms with Crippen LogP contribution in [0.1, 0.15) is 5.56 Å². The molecule has 0 radical (unpaired) electrons. The first-order chi connectivity index (χ1) is 6.86. The van der Waals surface area contributed by atoms with Crippen molar-refractivity contribution < 1.29 is 9.47 Å². The molecule has 0 bridgehead atoms. The molecule has 0 aliphatic heterocycles. The molecule has 0 aliphatic carbocycles. The van der Waals surface area contributed by atoms with Crippen molar-refractivity contribution in [3.05, 3.63) is 49.2 Å². The molecule has 0 saturated carbocycles. The van der Waals surface area contributed by atoms with Crippen LogP contribution in [0.15, 0.2) is 43.7 Å². The van der Waals surface area contributed by atoms with E-state index in [0.29, 0.717) is 13.2 Å². The third-order valence-electron chi connectivity index (χ3n) is 1.70. The van der Waals surface area contributed by atoms with Crippen molar-refractivity contribution in [1.82, 2.24) is 0 Å². The summed E-state index contributed by atoms with van der Waals surface area (Å²) in [5.74, 6) is 0.836. The highest BCUT2D eigenvalue weighted by Gasteiger charge is 1.92. The van der Waals surface area contributed by atoms with Gasteiger partial charge in [0, 0.05) is 0 Å². The lowest BCUT2D eigenvalue weighted by Gasteiger charge is -2.05. The minimum absolute atomic E-state index is 0.521. The predicted molar refractivity (Wildman–Crippen MR) is 58.2 cm³/mol. The van der Waals surface area contributed by atoms with Crippen LogP contribution in [0, 0.1) is 0 Å². The first kappa shape index (κ1) is 10.4. The summed E-state index contributed by atoms with van der Waals surface area (Å²) in [4.78, 5) is 0. The molecule has 0 spiro atoms. The van der Waals surface area contributed by atoms with E-state index in [1.807, 2.05) is 24.3 Å². The molecule has 0 amide bonds. The van der Waals surface area contributed by atoms with Gasteiger partial charge in [0.15, 0.2) is 0 Å². The zero-order chi connectivity index (χ0) is 10.2. The van der Waals surface area contributed by atoms with Gasteiger partial charge in [-0.2, -0.15) is 0 Å². The summed E-state index contributed by atoms with van der Waals surface area (Å²) in [5.41, 5.74) is 1.08. The van der Waals surface area contributed by atoms with Gasteiger partial charge >= 0.3 is 0 Å². The molecule has 2 heteroatoms. The molecule has 1 rings (SSSR count). The Balaban J connectivity index is 2.36. The summed E-state index contributed by atoms with van der Waals surface area (Å²) in [5, 5.41) is 0. The molecule has 1 aromatic rings. The maximum absolute atomic E-state index is 5.40. The molecule has 0 N–H and O–H groups in total. The van der Waals surface area contributed by atoms with Crippen LogP contribution >= 0.6 is 0 Å². The van der Waals surface area contributed by atoms with Gasteiger partial charge in [0.05, 0.1) is 6.26 Å². The van der Waals surface area contributed by atoms with E-state index in [-0.39, 0.29) is 0 Å². The van der Waals surface area contributed by atoms with E-state index in [1.165, 1.54) is 6.26 Å². The minimum atomic E-state index is 0.521. The van der Waals surface area contributed by atoms with Crippen molar-refractivity contribution in [3.63, 3.8) is 0 Å². The van der Waals surface area contributed by atoms with Crippen molar-refractivity contribution in [1.29, 1.82) is 0 Å². The van der Waals surface area contributed by atoms with Crippen LogP contribution in [-0.4, -0.2) is 13.2 Å². The van der Waals surface area contributed by atoms with Gasteiger partial charge in [0.2, 0.25) is 0 Å². The van der Waals surface area contributed by atoms with Crippen molar-refractivity contribution in [2.24, 2.45) is 0 Å². The molecule has 2 nitrogen and oxygen atoms in total. The standard InChI is InChI=1S/C12H14O2/c1-3-11-5-7-12(8-6-11)14-10-9-13-4-2/h3-8H,1-2,9-10H2. The first-order valence-electron chi connectivity index (χ1n) is 4.44. The molecule has 0 aromatic heterocycles. The normalized spacial score (nSPS) is 9.14. The van der Waals surface area contributed by atoms with Crippen LogP contribution in [0.4, 0.5) is 0 Å². The third kappa shape index (κ3) is 3.35. The zero-order valence-electron chi connectivity index (χ0n) is 8.11. The van der Waals surface area contributed by atoms with E-state index in [9.17, 15) is 0 Å². The fraction of sp³-hybridized carbons (Fsp3) is 0.167. The smallest absolute Gasteiger partial charge is 0.122 e. The highest BCUT2D eigenvalue weighted by molar-refractivity contribution is 5.48. The Kier molecular flexibility index (Phi) is 4.35. The summed E-state index contributed by atoms with van der Waals surface area (Å²) in [7, 11) is 0. The molecule has 0 heterocycles. The number of hydrogen-bond acceptors (Lipinski definition) is 2. The van der Waals surface area contributed by atoms with Gasteiger partial charge in [0.25, 0.3) is 0 Å². The molecular weight excluding hydrogens is 176 g/mol. The highest BCUT2D eigenvalue weighted by Crippen LogP contribution is 2.12. The quantitative estimate of drug-likeness (QED) is 0.507. The van der Waals surface area contributed by atoms with E-state index < -0.39 is 0 Å². The average molecular weight is 190 g/mol. The fourth-order valence-corrected chi connectivity index (χ4v) is 0.991. The lowest BCUT2D eigenvalue weighted by atomic mass is 10.2. The third-order valence-corrected chi connectivity index (χ3v) is 1.70. The van der Waals surface area contributed by atoms with Crippen molar-refractivity contribution in [2.45, 2.75) is 0 Å². The van der Waals surface area contributed by atoms with Crippen LogP contribution in [0.25, 0.3) is 6.08 Å². The second-order valence-electron chi connectivity index (χ2n) is 2.66. The number of benzene rings is 1. The monoisotopic (exact) mass is 190 g/mol. The number of hydrogen-bond donors (Lipinski definition) is 0. The van der Waals surface area contributed by atoms with Crippen LogP contribution in [0.2, 0.25) is 0 Å². The lowest BCUT2D eigenvalue weighted by Crippen LogP contribution is -2.03. The zero-order valence-corrected chi connectivity index (χ0v) is 8.11. The van der Waals surface area contributed by atoms with Crippen molar-refractivity contribution >= 4 is 6.08 Å². The van der Waals surface area contributed by atoms with Crippen molar-refractivity contribution in [3.8, 4) is 5.75 Å². The van der Waals surface area contributed by atoms with E-state index in [1.54, 1.807) is 6.08 Å². The van der Waals surface area contributed by atoms with Gasteiger partial charge in [-0.05, 0) is 17.7 Å². The summed E-state index contributed by atoms with van der Waals surface area (Å²) < 4.78 is 10.3. The van der Waals surface area contributed by atoms with Gasteiger partial charge in [0.1, 0.15) is 19.0 Å². The Morgan fingerprint density at radius 3 is 2.36 bits per heavy atom. The Hall–Kier alpha value is -1.70. The second-order valence-corrected chi connectivity index (χ2v) is 2.66. The molecule has 74 valence electrons. The van der Waals surface area contributed by atoms with Crippen molar-refractivity contribution in [2.75, 3.05) is 13.2 Å². The van der Waals surface area contributed by atoms with E-state index >= 15 is 0 Å². The maximum atomic E-state index is 5.40. The fourth-order valence-electron chi connectivity index (χ4n) is 0.991. The minimum Gasteiger partial charge on any atom is -0.498 e. The van der Waals surface area contributed by atoms with Gasteiger partial charge in [-0.15, -0.1) is 0 Å². The van der Waals surface area contributed by atoms with Crippen LogP contribution in [0.5, 0.6) is 5.75 Å². The average Bonchev–Trinajstić information content (AvgIpc) is 2.25. The van der Waals surface area contributed by atoms with Gasteiger partial charge in [-0.3, -0.25) is 0 Å². The molecule has 14 heavy (non-hydrogen) atoms. The SMILES string of the molecule is C=COCCOc1ccc(C=C)cc1. The molecule has 0 fully saturated rings. The molecule has 0 saturated heterocycles. The molecule has 0 atom stereocenters. The highest BCUT2D eigenvalue weighted by atomic mass is 16.5. The predicted octanol–water partition coefficient (Wildman–Crippen LogP) is 2.87. The van der Waals surface area contributed by atoms with Crippen LogP contribution in [0.3, 0.4) is 0 Å². The van der Waals surface area contributed by atoms with Gasteiger partial charge < -0.3 is 9.47 Å². The summed E-state index contributed by atoms with van der Waals surface area (Å²) in [6, 6.07) is 7.73. The van der Waals surface area contributed by atoms with Gasteiger partial charge in [-0.25, -0.2) is 0 Å². The Bertz CT molecular complexity index is 288. The molecule has 0 unspecified atom stereocenters. The van der Waals surface area contributed by atoms with E-state index in [0.717, 1.165) is 11.3 Å². The van der Waals surface area contributed by atoms with E-state index in [4.69, 9.17) is 9.47 Å². The summed E-state index contributed by atoms with van der Waals surface area (Å²) >= 11 is 0. The maximum Gasteiger partial charge on any atom is 0.122 e. The Labute approximate surface area is 84.5 Å². The summed E-state index contributed by atoms with van der Waals surface area (Å²) in [6.07, 6.45) is 3.20. The Morgan fingerprint density at radius 2 is 1.79 bits per heavy atom. The summed E-state index contributed by atoms with van der Waals surface area (Å²) in [6.45, 7) is 8.16. The largest absolute Gasteiger partial charge is 0.498 e. The lowest BCUT2D eigenvalue weighted by molar-refractivity contribution is 0.179. The molecular formula is C12H14O2. The van der Waals surface area contributed by atoms with Gasteiger partial charge in [-0.1, -0.05) is 31.4 Å². The number of ether oxygens (including phenoxy) is 2. The molecule has 1 aromatic carbocycles. The van der Waals surface area contributed by atoms with Crippen LogP contribution < -0.4 is 4.74 Å². The second kappa shape index (κ2) is 5.86. The molecule has 0 aliphatic rings. The number of rotatable bonds is 6. The van der Waals surface area contributed by atoms with E-state index in [2.05, 4.69) is 13.2 Å². The topological polar surface area (TPSA) is 18.5 Å². The van der Waals surface area contributed by atoms with Crippen LogP contribution in [-0.2, 0) is 4.74 Å². The first-order valence-corrected chi connectivity index (χ1v) is 4.44.